The highest BCUT2D eigenvalue weighted by atomic mass is 31.2. The summed E-state index contributed by atoms with van der Waals surface area (Å²) in [5.41, 5.74) is 2.41. The van der Waals surface area contributed by atoms with Crippen LogP contribution in [0, 0.1) is 5.92 Å². The van der Waals surface area contributed by atoms with E-state index >= 15 is 0 Å². The maximum absolute atomic E-state index is 11.8. The number of hydrogen-bond acceptors (Lipinski definition) is 6. The highest BCUT2D eigenvalue weighted by Gasteiger charge is 2.33. The molecule has 0 aliphatic heterocycles. The topological polar surface area (TPSA) is 94.1 Å². The van der Waals surface area contributed by atoms with Crippen LogP contribution in [0.1, 0.15) is 13.8 Å². The molecule has 2 N–H and O–H groups in total. The van der Waals surface area contributed by atoms with Crippen molar-refractivity contribution in [3.63, 3.8) is 0 Å². The molecule has 1 unspecified atom stereocenters. The Hall–Kier alpha value is -1.40. The lowest BCUT2D eigenvalue weighted by atomic mass is 10.1. The van der Waals surface area contributed by atoms with E-state index in [2.05, 4.69) is 14.8 Å². The van der Waals surface area contributed by atoms with E-state index in [1.807, 2.05) is 0 Å². The van der Waals surface area contributed by atoms with Gasteiger partial charge in [0, 0.05) is 0 Å². The summed E-state index contributed by atoms with van der Waals surface area (Å²) in [5.74, 6) is -0.991. The molecular formula is C12H18NO6P. The predicted molar refractivity (Wildman–Crippen MR) is 71.8 cm³/mol. The number of rotatable bonds is 7. The van der Waals surface area contributed by atoms with Gasteiger partial charge in [-0.3, -0.25) is 4.89 Å². The highest BCUT2D eigenvalue weighted by molar-refractivity contribution is 7.48. The van der Waals surface area contributed by atoms with Crippen molar-refractivity contribution in [1.82, 2.24) is 5.48 Å². The first-order valence-electron chi connectivity index (χ1n) is 5.95. The van der Waals surface area contributed by atoms with Crippen molar-refractivity contribution in [1.29, 1.82) is 0 Å². The highest BCUT2D eigenvalue weighted by Crippen LogP contribution is 2.44. The van der Waals surface area contributed by atoms with E-state index in [0.29, 0.717) is 0 Å². The Morgan fingerprint density at radius 2 is 1.90 bits per heavy atom. The van der Waals surface area contributed by atoms with Crippen molar-refractivity contribution < 1.29 is 28.1 Å². The Balaban J connectivity index is 2.69. The first-order valence-corrected chi connectivity index (χ1v) is 7.44. The van der Waals surface area contributed by atoms with E-state index in [0.717, 1.165) is 0 Å². The van der Waals surface area contributed by atoms with E-state index in [9.17, 15) is 14.3 Å². The zero-order valence-corrected chi connectivity index (χ0v) is 12.4. The molecule has 1 aromatic carbocycles. The van der Waals surface area contributed by atoms with Crippen LogP contribution in [-0.4, -0.2) is 24.0 Å². The number of benzene rings is 1. The van der Waals surface area contributed by atoms with Crippen LogP contribution >= 0.6 is 7.82 Å². The second-order valence-corrected chi connectivity index (χ2v) is 5.63. The van der Waals surface area contributed by atoms with E-state index < -0.39 is 19.8 Å². The molecule has 0 saturated heterocycles. The molecule has 0 bridgehead atoms. The van der Waals surface area contributed by atoms with Crippen LogP contribution in [0.15, 0.2) is 30.3 Å². The van der Waals surface area contributed by atoms with Crippen molar-refractivity contribution in [3.8, 4) is 5.75 Å². The fourth-order valence-electron chi connectivity index (χ4n) is 1.39. The third-order valence-corrected chi connectivity index (χ3v) is 3.19. The van der Waals surface area contributed by atoms with Crippen molar-refractivity contribution in [2.24, 2.45) is 5.92 Å². The van der Waals surface area contributed by atoms with Crippen LogP contribution < -0.4 is 10.0 Å². The van der Waals surface area contributed by atoms with Gasteiger partial charge in [-0.25, -0.2) is 9.36 Å². The largest absolute Gasteiger partial charge is 0.587 e. The quantitative estimate of drug-likeness (QED) is 0.586. The maximum Gasteiger partial charge on any atom is 0.587 e. The number of para-hydroxylation sites is 1. The molecule has 0 heterocycles. The molecule has 1 aromatic rings. The lowest BCUT2D eigenvalue weighted by Crippen LogP contribution is -2.41. The summed E-state index contributed by atoms with van der Waals surface area (Å²) in [6.45, 7) is 3.47. The molecule has 7 nitrogen and oxygen atoms in total. The lowest BCUT2D eigenvalue weighted by Gasteiger charge is -2.20. The minimum absolute atomic E-state index is 0.131. The third kappa shape index (κ3) is 5.30. The Labute approximate surface area is 117 Å². The third-order valence-electron chi connectivity index (χ3n) is 2.33. The molecule has 0 aliphatic carbocycles. The molecule has 0 fully saturated rings. The molecule has 112 valence electrons. The average Bonchev–Trinajstić information content (AvgIpc) is 2.35. The molecule has 1 rings (SSSR count). The summed E-state index contributed by atoms with van der Waals surface area (Å²) in [5, 5.41) is 0. The predicted octanol–water partition coefficient (Wildman–Crippen LogP) is 1.88. The maximum atomic E-state index is 11.8. The van der Waals surface area contributed by atoms with Gasteiger partial charge in [-0.15, -0.1) is 0 Å². The first kappa shape index (κ1) is 16.7. The molecule has 20 heavy (non-hydrogen) atoms. The summed E-state index contributed by atoms with van der Waals surface area (Å²) < 4.78 is 21.1. The summed E-state index contributed by atoms with van der Waals surface area (Å²) in [7, 11) is -3.20. The van der Waals surface area contributed by atoms with Crippen LogP contribution in [0.2, 0.25) is 0 Å². The van der Waals surface area contributed by atoms with Gasteiger partial charge in [0.25, 0.3) is 0 Å². The van der Waals surface area contributed by atoms with E-state index in [4.69, 9.17) is 4.52 Å². The zero-order chi connectivity index (χ0) is 15.2. The van der Waals surface area contributed by atoms with Crippen molar-refractivity contribution >= 4 is 13.8 Å². The minimum Gasteiger partial charge on any atom is -0.395 e. The van der Waals surface area contributed by atoms with Crippen LogP contribution in [0.5, 0.6) is 5.75 Å². The molecule has 0 aliphatic rings. The Bertz CT molecular complexity index is 478. The van der Waals surface area contributed by atoms with Gasteiger partial charge in [0.15, 0.2) is 0 Å². The number of carbonyl (C=O) groups is 1. The number of hydroxylamine groups is 1. The molecule has 2 atom stereocenters. The Kier molecular flexibility index (Phi) is 6.16. The number of carbonyl (C=O) groups excluding carboxylic acids is 1. The van der Waals surface area contributed by atoms with E-state index in [-0.39, 0.29) is 11.7 Å². The van der Waals surface area contributed by atoms with Gasteiger partial charge < -0.3 is 13.9 Å². The average molecular weight is 303 g/mol. The van der Waals surface area contributed by atoms with Crippen molar-refractivity contribution in [2.45, 2.75) is 19.9 Å². The number of nitrogens with one attached hydrogen (secondary N) is 1. The number of phosphoric ester groups is 1. The molecule has 0 radical (unpaired) electrons. The van der Waals surface area contributed by atoms with Crippen LogP contribution in [0.3, 0.4) is 0 Å². The number of hydrogen-bond donors (Lipinski definition) is 2. The summed E-state index contributed by atoms with van der Waals surface area (Å²) >= 11 is 0. The standard InChI is InChI=1S/C12H18NO6P/c1-9(2)11(13-17-3)12(14)19-20(15,16)18-10-7-5-4-6-8-10/h4-9,11,13H,1-3H3,(H,15,16)/t11-/m0/s1. The van der Waals surface area contributed by atoms with Crippen molar-refractivity contribution in [3.05, 3.63) is 30.3 Å². The van der Waals surface area contributed by atoms with Crippen LogP contribution in [0.25, 0.3) is 0 Å². The fraction of sp³-hybridized carbons (Fsp3) is 0.417. The van der Waals surface area contributed by atoms with Gasteiger partial charge in [0.1, 0.15) is 11.8 Å². The minimum atomic E-state index is -4.53. The van der Waals surface area contributed by atoms with Crippen LogP contribution in [-0.2, 0) is 18.7 Å². The van der Waals surface area contributed by atoms with Gasteiger partial charge in [-0.1, -0.05) is 32.0 Å². The van der Waals surface area contributed by atoms with Crippen LogP contribution in [0.4, 0.5) is 0 Å². The second kappa shape index (κ2) is 7.40. The fourth-order valence-corrected chi connectivity index (χ4v) is 2.15. The zero-order valence-electron chi connectivity index (χ0n) is 11.5. The van der Waals surface area contributed by atoms with Gasteiger partial charge in [-0.05, 0) is 18.1 Å². The molecule has 0 spiro atoms. The molecule has 8 heteroatoms. The van der Waals surface area contributed by atoms with E-state index in [1.54, 1.807) is 32.0 Å². The van der Waals surface area contributed by atoms with E-state index in [1.165, 1.54) is 19.2 Å². The van der Waals surface area contributed by atoms with Gasteiger partial charge in [0.05, 0.1) is 7.11 Å². The smallest absolute Gasteiger partial charge is 0.395 e. The SMILES string of the molecule is CON[C@H](C(=O)OP(=O)(O)Oc1ccccc1)C(C)C. The molecular weight excluding hydrogens is 285 g/mol. The Morgan fingerprint density at radius 3 is 2.40 bits per heavy atom. The summed E-state index contributed by atoms with van der Waals surface area (Å²) in [4.78, 5) is 26.0. The van der Waals surface area contributed by atoms with Crippen molar-refractivity contribution in [2.75, 3.05) is 7.11 Å². The molecule has 0 aromatic heterocycles. The lowest BCUT2D eigenvalue weighted by molar-refractivity contribution is -0.143. The molecule has 0 saturated carbocycles. The molecule has 0 amide bonds. The second-order valence-electron chi connectivity index (χ2n) is 4.33. The van der Waals surface area contributed by atoms with Gasteiger partial charge in [0.2, 0.25) is 0 Å². The summed E-state index contributed by atoms with van der Waals surface area (Å²) in [6.07, 6.45) is 0. The van der Waals surface area contributed by atoms with Gasteiger partial charge >= 0.3 is 13.8 Å². The monoisotopic (exact) mass is 303 g/mol. The Morgan fingerprint density at radius 1 is 1.30 bits per heavy atom. The summed E-state index contributed by atoms with van der Waals surface area (Å²) in [6, 6.07) is 7.05. The number of phosphoric acid groups is 1. The normalized spacial score (nSPS) is 15.4. The first-order chi connectivity index (χ1) is 9.35. The van der Waals surface area contributed by atoms with Gasteiger partial charge in [-0.2, -0.15) is 5.48 Å².